The Labute approximate surface area is 211 Å². The van der Waals surface area contributed by atoms with Crippen LogP contribution in [0.5, 0.6) is 0 Å². The molecule has 202 valence electrons. The second-order valence-corrected chi connectivity index (χ2v) is 10.6. The summed E-state index contributed by atoms with van der Waals surface area (Å²) in [7, 11) is 0. The number of carbonyl (C=O) groups excluding carboxylic acids is 4. The van der Waals surface area contributed by atoms with Crippen LogP contribution in [0.3, 0.4) is 0 Å². The van der Waals surface area contributed by atoms with Gasteiger partial charge in [-0.05, 0) is 37.6 Å². The number of unbranched alkanes of at least 4 members (excludes halogenated alkanes) is 5. The zero-order valence-corrected chi connectivity index (χ0v) is 22.3. The zero-order valence-electron chi connectivity index (χ0n) is 22.3. The number of rotatable bonds is 13. The van der Waals surface area contributed by atoms with Crippen LogP contribution in [0.2, 0.25) is 0 Å². The van der Waals surface area contributed by atoms with Gasteiger partial charge in [-0.2, -0.15) is 0 Å². The van der Waals surface area contributed by atoms with Crippen LogP contribution in [0.4, 0.5) is 0 Å². The third-order valence-electron chi connectivity index (χ3n) is 6.40. The van der Waals surface area contributed by atoms with Crippen LogP contribution in [-0.4, -0.2) is 54.8 Å². The van der Waals surface area contributed by atoms with Crippen molar-refractivity contribution in [1.82, 2.24) is 21.3 Å². The lowest BCUT2D eigenvalue weighted by Crippen LogP contribution is -2.56. The molecule has 1 aliphatic rings. The van der Waals surface area contributed by atoms with Gasteiger partial charge in [-0.1, -0.05) is 72.6 Å². The highest BCUT2D eigenvalue weighted by Gasteiger charge is 2.30. The first-order chi connectivity index (χ1) is 16.6. The minimum atomic E-state index is -0.811. The van der Waals surface area contributed by atoms with E-state index in [1.807, 2.05) is 13.8 Å². The van der Waals surface area contributed by atoms with E-state index in [1.54, 1.807) is 0 Å². The van der Waals surface area contributed by atoms with Gasteiger partial charge in [-0.3, -0.25) is 19.2 Å². The minimum Gasteiger partial charge on any atom is -0.351 e. The first-order valence-electron chi connectivity index (χ1n) is 13.5. The molecule has 3 atom stereocenters. The van der Waals surface area contributed by atoms with Crippen molar-refractivity contribution < 1.29 is 19.2 Å². The molecule has 0 spiro atoms. The SMILES string of the molecule is CC(C)CCCCCCCCC1CC(=O)NCC(=O)NC(CCCN)C(=O)NC(C(C)C)C(=O)N1. The summed E-state index contributed by atoms with van der Waals surface area (Å²) in [6.45, 7) is 8.38. The Kier molecular flexibility index (Phi) is 15.3. The van der Waals surface area contributed by atoms with Crippen molar-refractivity contribution in [2.75, 3.05) is 13.1 Å². The average Bonchev–Trinajstić information content (AvgIpc) is 2.79. The van der Waals surface area contributed by atoms with Crippen LogP contribution in [0.15, 0.2) is 0 Å². The van der Waals surface area contributed by atoms with E-state index in [4.69, 9.17) is 5.73 Å². The van der Waals surface area contributed by atoms with E-state index < -0.39 is 23.9 Å². The topological polar surface area (TPSA) is 142 Å². The number of nitrogens with one attached hydrogen (secondary N) is 4. The molecule has 9 nitrogen and oxygen atoms in total. The van der Waals surface area contributed by atoms with Gasteiger partial charge in [0.2, 0.25) is 23.6 Å². The van der Waals surface area contributed by atoms with E-state index in [-0.39, 0.29) is 36.7 Å². The van der Waals surface area contributed by atoms with Crippen molar-refractivity contribution >= 4 is 23.6 Å². The Hall–Kier alpha value is -2.16. The standard InChI is InChI=1S/C26H49N5O4/c1-18(2)12-9-7-5-6-8-10-13-20-16-22(32)28-17-23(33)30-21(14-11-15-27)25(34)31-24(19(3)4)26(35)29-20/h18-21,24H,5-17,27H2,1-4H3,(H,28,32)(H,29,35)(H,30,33)(H,31,34). The molecule has 35 heavy (non-hydrogen) atoms. The van der Waals surface area contributed by atoms with E-state index in [9.17, 15) is 19.2 Å². The van der Waals surface area contributed by atoms with Crippen LogP contribution < -0.4 is 27.0 Å². The summed E-state index contributed by atoms with van der Waals surface area (Å²) >= 11 is 0. The highest BCUT2D eigenvalue weighted by Crippen LogP contribution is 2.14. The summed E-state index contributed by atoms with van der Waals surface area (Å²) in [4.78, 5) is 50.8. The fourth-order valence-corrected chi connectivity index (χ4v) is 4.27. The number of nitrogens with two attached hydrogens (primary N) is 1. The van der Waals surface area contributed by atoms with Gasteiger partial charge < -0.3 is 27.0 Å². The van der Waals surface area contributed by atoms with E-state index in [0.29, 0.717) is 25.8 Å². The fourth-order valence-electron chi connectivity index (χ4n) is 4.27. The molecule has 0 saturated carbocycles. The third kappa shape index (κ3) is 13.5. The molecule has 4 amide bonds. The molecule has 0 aromatic carbocycles. The van der Waals surface area contributed by atoms with Gasteiger partial charge in [-0.15, -0.1) is 0 Å². The predicted molar refractivity (Wildman–Crippen MR) is 138 cm³/mol. The number of carbonyl (C=O) groups is 4. The summed E-state index contributed by atoms with van der Waals surface area (Å²) in [5.41, 5.74) is 5.57. The van der Waals surface area contributed by atoms with Crippen molar-refractivity contribution in [3.05, 3.63) is 0 Å². The van der Waals surface area contributed by atoms with Crippen molar-refractivity contribution in [3.63, 3.8) is 0 Å². The maximum absolute atomic E-state index is 13.1. The molecule has 1 rings (SSSR count). The number of hydrogen-bond acceptors (Lipinski definition) is 5. The van der Waals surface area contributed by atoms with Crippen LogP contribution in [0, 0.1) is 11.8 Å². The Morgan fingerprint density at radius 1 is 0.771 bits per heavy atom. The van der Waals surface area contributed by atoms with Crippen molar-refractivity contribution in [2.24, 2.45) is 17.6 Å². The molecule has 1 fully saturated rings. The van der Waals surface area contributed by atoms with E-state index >= 15 is 0 Å². The molecule has 6 N–H and O–H groups in total. The lowest BCUT2D eigenvalue weighted by Gasteiger charge is -2.27. The van der Waals surface area contributed by atoms with Crippen LogP contribution in [0.25, 0.3) is 0 Å². The van der Waals surface area contributed by atoms with Gasteiger partial charge >= 0.3 is 0 Å². The molecule has 1 heterocycles. The summed E-state index contributed by atoms with van der Waals surface area (Å²) in [5.74, 6) is -0.864. The Balaban J connectivity index is 2.77. The van der Waals surface area contributed by atoms with Crippen LogP contribution in [0.1, 0.15) is 98.3 Å². The smallest absolute Gasteiger partial charge is 0.243 e. The van der Waals surface area contributed by atoms with E-state index in [2.05, 4.69) is 35.1 Å². The second-order valence-electron chi connectivity index (χ2n) is 10.6. The Morgan fingerprint density at radius 3 is 2.06 bits per heavy atom. The third-order valence-corrected chi connectivity index (χ3v) is 6.40. The van der Waals surface area contributed by atoms with E-state index in [0.717, 1.165) is 25.2 Å². The Bertz CT molecular complexity index is 668. The largest absolute Gasteiger partial charge is 0.351 e. The minimum absolute atomic E-state index is 0.1000. The quantitative estimate of drug-likeness (QED) is 0.249. The average molecular weight is 496 g/mol. The lowest BCUT2D eigenvalue weighted by atomic mass is 9.99. The van der Waals surface area contributed by atoms with Gasteiger partial charge in [0, 0.05) is 12.5 Å². The highest BCUT2D eigenvalue weighted by molar-refractivity contribution is 5.94. The van der Waals surface area contributed by atoms with Gasteiger partial charge in [-0.25, -0.2) is 0 Å². The van der Waals surface area contributed by atoms with Crippen molar-refractivity contribution in [3.8, 4) is 0 Å². The number of amides is 4. The first kappa shape index (κ1) is 30.9. The summed E-state index contributed by atoms with van der Waals surface area (Å²) in [6.07, 6.45) is 9.74. The van der Waals surface area contributed by atoms with Crippen LogP contribution >= 0.6 is 0 Å². The maximum atomic E-state index is 13.1. The molecular weight excluding hydrogens is 446 g/mol. The van der Waals surface area contributed by atoms with Crippen LogP contribution in [-0.2, 0) is 19.2 Å². The maximum Gasteiger partial charge on any atom is 0.243 e. The summed E-state index contributed by atoms with van der Waals surface area (Å²) < 4.78 is 0. The van der Waals surface area contributed by atoms with Crippen molar-refractivity contribution in [1.29, 1.82) is 0 Å². The Morgan fingerprint density at radius 2 is 1.43 bits per heavy atom. The molecule has 0 aliphatic carbocycles. The van der Waals surface area contributed by atoms with Gasteiger partial charge in [0.05, 0.1) is 6.54 Å². The molecule has 3 unspecified atom stereocenters. The van der Waals surface area contributed by atoms with Gasteiger partial charge in [0.25, 0.3) is 0 Å². The van der Waals surface area contributed by atoms with Gasteiger partial charge in [0.1, 0.15) is 12.1 Å². The highest BCUT2D eigenvalue weighted by atomic mass is 16.2. The summed E-state index contributed by atoms with van der Waals surface area (Å²) in [5, 5.41) is 11.1. The van der Waals surface area contributed by atoms with E-state index in [1.165, 1.54) is 25.7 Å². The normalized spacial score (nSPS) is 22.5. The molecule has 0 aromatic heterocycles. The summed E-state index contributed by atoms with van der Waals surface area (Å²) in [6, 6.07) is -1.92. The monoisotopic (exact) mass is 495 g/mol. The fraction of sp³-hybridized carbons (Fsp3) is 0.846. The predicted octanol–water partition coefficient (Wildman–Crippen LogP) is 2.13. The number of hydrogen-bond donors (Lipinski definition) is 5. The molecule has 1 aliphatic heterocycles. The first-order valence-corrected chi connectivity index (χ1v) is 13.5. The molecule has 0 aromatic rings. The second kappa shape index (κ2) is 17.3. The lowest BCUT2D eigenvalue weighted by molar-refractivity contribution is -0.133. The molecule has 0 bridgehead atoms. The molecule has 9 heteroatoms. The molecular formula is C26H49N5O4. The molecule has 0 radical (unpaired) electrons. The van der Waals surface area contributed by atoms with Crippen molar-refractivity contribution in [2.45, 2.75) is 116 Å². The zero-order chi connectivity index (χ0) is 26.2. The molecule has 1 saturated heterocycles. The van der Waals surface area contributed by atoms with Gasteiger partial charge in [0.15, 0.2) is 0 Å².